The summed E-state index contributed by atoms with van der Waals surface area (Å²) in [5.41, 5.74) is 1.18. The molecule has 1 aliphatic rings. The fourth-order valence-electron chi connectivity index (χ4n) is 2.79. The average molecular weight is 374 g/mol. The van der Waals surface area contributed by atoms with Gasteiger partial charge in [0.25, 0.3) is 0 Å². The molecule has 0 spiro atoms. The normalized spacial score (nSPS) is 26.4. The summed E-state index contributed by atoms with van der Waals surface area (Å²) in [6.07, 6.45) is 1.42. The van der Waals surface area contributed by atoms with E-state index in [-0.39, 0.29) is 31.4 Å². The third-order valence-electron chi connectivity index (χ3n) is 3.64. The Bertz CT molecular complexity index is 495. The third-order valence-corrected chi connectivity index (χ3v) is 6.41. The Balaban J connectivity index is 3.40. The van der Waals surface area contributed by atoms with Crippen molar-refractivity contribution in [2.75, 3.05) is 0 Å². The lowest BCUT2D eigenvalue weighted by atomic mass is 9.82. The summed E-state index contributed by atoms with van der Waals surface area (Å²) in [5.74, 6) is -0.0760. The van der Waals surface area contributed by atoms with Gasteiger partial charge in [-0.15, -0.1) is 23.5 Å². The molecule has 3 atom stereocenters. The second-order valence-corrected chi connectivity index (χ2v) is 13.4. The van der Waals surface area contributed by atoms with Crippen molar-refractivity contribution in [3.63, 3.8) is 0 Å². The van der Waals surface area contributed by atoms with Crippen molar-refractivity contribution in [3.8, 4) is 0 Å². The molecule has 0 aromatic carbocycles. The SMILES string of the molecule is CC(=O)N1[C@H](SC(C)(C)C)C=C(C(C)(C)C)[C@@H](SC(C)(C)C)[C@@H]1O. The third kappa shape index (κ3) is 5.99. The Morgan fingerprint density at radius 3 is 1.79 bits per heavy atom. The molecule has 0 saturated heterocycles. The van der Waals surface area contributed by atoms with Gasteiger partial charge in [0.2, 0.25) is 5.91 Å². The van der Waals surface area contributed by atoms with E-state index in [1.807, 2.05) is 0 Å². The molecule has 1 heterocycles. The van der Waals surface area contributed by atoms with Gasteiger partial charge < -0.3 is 10.0 Å². The predicted molar refractivity (Wildman–Crippen MR) is 108 cm³/mol. The van der Waals surface area contributed by atoms with Crippen LogP contribution in [0.1, 0.15) is 69.2 Å². The number of hydrogen-bond acceptors (Lipinski definition) is 4. The van der Waals surface area contributed by atoms with Gasteiger partial charge in [-0.2, -0.15) is 0 Å². The number of aliphatic hydroxyl groups excluding tert-OH is 1. The first-order valence-corrected chi connectivity index (χ1v) is 10.3. The van der Waals surface area contributed by atoms with Crippen LogP contribution in [0.15, 0.2) is 11.6 Å². The van der Waals surface area contributed by atoms with Gasteiger partial charge in [-0.25, -0.2) is 0 Å². The zero-order valence-corrected chi connectivity index (χ0v) is 18.6. The summed E-state index contributed by atoms with van der Waals surface area (Å²) >= 11 is 3.46. The molecule has 1 amide bonds. The van der Waals surface area contributed by atoms with E-state index in [4.69, 9.17) is 0 Å². The van der Waals surface area contributed by atoms with Crippen LogP contribution in [0.2, 0.25) is 0 Å². The van der Waals surface area contributed by atoms with Crippen LogP contribution < -0.4 is 0 Å². The van der Waals surface area contributed by atoms with Crippen molar-refractivity contribution in [2.45, 2.75) is 95.6 Å². The van der Waals surface area contributed by atoms with E-state index in [1.54, 1.807) is 35.3 Å². The molecule has 1 aliphatic heterocycles. The first-order chi connectivity index (χ1) is 10.5. The molecule has 1 N–H and O–H groups in total. The second-order valence-electron chi connectivity index (χ2n) is 9.48. The maximum atomic E-state index is 12.3. The molecule has 5 heteroatoms. The summed E-state index contributed by atoms with van der Waals surface area (Å²) in [7, 11) is 0. The number of nitrogens with zero attached hydrogens (tertiary/aromatic N) is 1. The Morgan fingerprint density at radius 2 is 1.46 bits per heavy atom. The molecular weight excluding hydrogens is 338 g/mol. The minimum Gasteiger partial charge on any atom is -0.372 e. The molecule has 0 radical (unpaired) electrons. The zero-order chi connectivity index (χ0) is 19.1. The minimum atomic E-state index is -0.800. The molecule has 0 aliphatic carbocycles. The lowest BCUT2D eigenvalue weighted by molar-refractivity contribution is -0.139. The Morgan fingerprint density at radius 1 is 1.00 bits per heavy atom. The van der Waals surface area contributed by atoms with Crippen molar-refractivity contribution in [1.82, 2.24) is 4.90 Å². The van der Waals surface area contributed by atoms with Crippen LogP contribution in [0.3, 0.4) is 0 Å². The number of aliphatic hydroxyl groups is 1. The molecule has 24 heavy (non-hydrogen) atoms. The van der Waals surface area contributed by atoms with Gasteiger partial charge in [-0.05, 0) is 11.0 Å². The predicted octanol–water partition coefficient (Wildman–Crippen LogP) is 4.90. The van der Waals surface area contributed by atoms with E-state index in [1.165, 1.54) is 5.57 Å². The lowest BCUT2D eigenvalue weighted by Crippen LogP contribution is -2.55. The highest BCUT2D eigenvalue weighted by Crippen LogP contribution is 2.47. The van der Waals surface area contributed by atoms with Crippen molar-refractivity contribution in [2.24, 2.45) is 5.41 Å². The highest BCUT2D eigenvalue weighted by molar-refractivity contribution is 8.01. The Hall–Kier alpha value is -0.130. The fourth-order valence-corrected chi connectivity index (χ4v) is 5.69. The molecule has 3 nitrogen and oxygen atoms in total. The van der Waals surface area contributed by atoms with Crippen LogP contribution in [0.5, 0.6) is 0 Å². The number of thioether (sulfide) groups is 2. The van der Waals surface area contributed by atoms with Gasteiger partial charge in [0.15, 0.2) is 0 Å². The number of carbonyl (C=O) groups is 1. The highest BCUT2D eigenvalue weighted by atomic mass is 32.2. The molecule has 0 fully saturated rings. The summed E-state index contributed by atoms with van der Waals surface area (Å²) in [5, 5.41) is 10.9. The molecule has 0 saturated carbocycles. The van der Waals surface area contributed by atoms with Gasteiger partial charge >= 0.3 is 0 Å². The van der Waals surface area contributed by atoms with Gasteiger partial charge in [0.05, 0.1) is 10.6 Å². The molecular formula is C19H35NO2S2. The fraction of sp³-hybridized carbons (Fsp3) is 0.842. The van der Waals surface area contributed by atoms with Crippen molar-refractivity contribution < 1.29 is 9.90 Å². The number of carbonyl (C=O) groups excluding carboxylic acids is 1. The van der Waals surface area contributed by atoms with Crippen LogP contribution in [0, 0.1) is 5.41 Å². The molecule has 140 valence electrons. The topological polar surface area (TPSA) is 40.5 Å². The van der Waals surface area contributed by atoms with Gasteiger partial charge in [-0.1, -0.05) is 68.4 Å². The van der Waals surface area contributed by atoms with E-state index in [0.29, 0.717) is 0 Å². The maximum absolute atomic E-state index is 12.3. The van der Waals surface area contributed by atoms with Crippen molar-refractivity contribution >= 4 is 29.4 Å². The maximum Gasteiger partial charge on any atom is 0.222 e. The first-order valence-electron chi connectivity index (χ1n) is 8.58. The largest absolute Gasteiger partial charge is 0.372 e. The summed E-state index contributed by atoms with van der Waals surface area (Å²) in [4.78, 5) is 13.9. The van der Waals surface area contributed by atoms with Crippen LogP contribution >= 0.6 is 23.5 Å². The van der Waals surface area contributed by atoms with Crippen LogP contribution in [0.4, 0.5) is 0 Å². The summed E-state index contributed by atoms with van der Waals surface area (Å²) < 4.78 is 0.00401. The molecule has 0 unspecified atom stereocenters. The number of rotatable bonds is 2. The molecule has 0 aromatic rings. The first kappa shape index (κ1) is 21.9. The molecule has 0 aromatic heterocycles. The summed E-state index contributed by atoms with van der Waals surface area (Å²) in [6.45, 7) is 21.0. The monoisotopic (exact) mass is 373 g/mol. The smallest absolute Gasteiger partial charge is 0.222 e. The van der Waals surface area contributed by atoms with E-state index in [9.17, 15) is 9.90 Å². The standard InChI is InChI=1S/C19H35NO2S2/c1-12(21)20-14(23-18(5,6)7)11-13(17(2,3)4)15(16(20)22)24-19(8,9)10/h11,14-16,22H,1-10H3/t14-,15-,16+/m1/s1. The van der Waals surface area contributed by atoms with Gasteiger partial charge in [0.1, 0.15) is 6.23 Å². The summed E-state index contributed by atoms with van der Waals surface area (Å²) in [6, 6.07) is 0. The highest BCUT2D eigenvalue weighted by Gasteiger charge is 2.44. The number of amides is 1. The average Bonchev–Trinajstić information content (AvgIpc) is 2.26. The van der Waals surface area contributed by atoms with Crippen molar-refractivity contribution in [3.05, 3.63) is 11.6 Å². The lowest BCUT2D eigenvalue weighted by Gasteiger charge is -2.47. The quantitative estimate of drug-likeness (QED) is 0.699. The van der Waals surface area contributed by atoms with Crippen molar-refractivity contribution in [1.29, 1.82) is 0 Å². The molecule has 0 bridgehead atoms. The Kier molecular flexibility index (Phi) is 6.61. The van der Waals surface area contributed by atoms with E-state index < -0.39 is 6.23 Å². The van der Waals surface area contributed by atoms with Crippen LogP contribution in [-0.2, 0) is 4.79 Å². The molecule has 1 rings (SSSR count). The van der Waals surface area contributed by atoms with E-state index in [0.717, 1.165) is 0 Å². The van der Waals surface area contributed by atoms with Crippen LogP contribution in [-0.4, -0.2) is 42.3 Å². The van der Waals surface area contributed by atoms with E-state index >= 15 is 0 Å². The van der Waals surface area contributed by atoms with Gasteiger partial charge in [0, 0.05) is 16.4 Å². The minimum absolute atomic E-state index is 0.00158. The number of hydrogen-bond donors (Lipinski definition) is 1. The van der Waals surface area contributed by atoms with Gasteiger partial charge in [-0.3, -0.25) is 4.79 Å². The second kappa shape index (κ2) is 7.24. The zero-order valence-electron chi connectivity index (χ0n) is 16.9. The van der Waals surface area contributed by atoms with Crippen LogP contribution in [0.25, 0.3) is 0 Å². The van der Waals surface area contributed by atoms with E-state index in [2.05, 4.69) is 68.4 Å². The Labute approximate surface area is 157 Å².